The van der Waals surface area contributed by atoms with Gasteiger partial charge in [-0.05, 0) is 62.4 Å². The molecule has 5 heteroatoms. The molecular formula is C28H37N3O2. The maximum absolute atomic E-state index is 10.6. The number of aliphatic hydroxyl groups is 1. The van der Waals surface area contributed by atoms with Gasteiger partial charge in [-0.25, -0.2) is 4.68 Å². The SMILES string of the molecule is C=CCCC(O)CN(Cc1c(C)nn(-c2ccccc2)c1Oc1cccc(C)c1)CC(C)C. The van der Waals surface area contributed by atoms with Crippen LogP contribution in [0.2, 0.25) is 0 Å². The Labute approximate surface area is 198 Å². The summed E-state index contributed by atoms with van der Waals surface area (Å²) >= 11 is 0. The van der Waals surface area contributed by atoms with Gasteiger partial charge >= 0.3 is 0 Å². The van der Waals surface area contributed by atoms with Crippen molar-refractivity contribution < 1.29 is 9.84 Å². The molecule has 2 aromatic carbocycles. The molecule has 0 amide bonds. The Hall–Kier alpha value is -2.89. The maximum Gasteiger partial charge on any atom is 0.227 e. The van der Waals surface area contributed by atoms with Crippen molar-refractivity contribution in [3.05, 3.63) is 84.1 Å². The number of aryl methyl sites for hydroxylation is 2. The normalized spacial score (nSPS) is 12.3. The summed E-state index contributed by atoms with van der Waals surface area (Å²) in [6.07, 6.45) is 2.99. The Kier molecular flexibility index (Phi) is 8.87. The maximum atomic E-state index is 10.6. The largest absolute Gasteiger partial charge is 0.439 e. The van der Waals surface area contributed by atoms with Crippen molar-refractivity contribution in [3.63, 3.8) is 0 Å². The van der Waals surface area contributed by atoms with E-state index in [-0.39, 0.29) is 0 Å². The van der Waals surface area contributed by atoms with Gasteiger partial charge in [-0.1, -0.05) is 50.3 Å². The highest BCUT2D eigenvalue weighted by Gasteiger charge is 2.23. The van der Waals surface area contributed by atoms with Crippen LogP contribution in [0.3, 0.4) is 0 Å². The topological polar surface area (TPSA) is 50.5 Å². The average Bonchev–Trinajstić information content (AvgIpc) is 3.07. The molecule has 176 valence electrons. The number of benzene rings is 2. The van der Waals surface area contributed by atoms with Crippen LogP contribution in [-0.2, 0) is 6.54 Å². The van der Waals surface area contributed by atoms with Gasteiger partial charge in [0.25, 0.3) is 0 Å². The van der Waals surface area contributed by atoms with Gasteiger partial charge in [0.15, 0.2) is 0 Å². The number of hydrogen-bond donors (Lipinski definition) is 1. The van der Waals surface area contributed by atoms with Crippen LogP contribution in [0.1, 0.15) is 43.5 Å². The minimum absolute atomic E-state index is 0.396. The van der Waals surface area contributed by atoms with E-state index in [1.54, 1.807) is 0 Å². The van der Waals surface area contributed by atoms with Gasteiger partial charge in [-0.2, -0.15) is 5.10 Å². The lowest BCUT2D eigenvalue weighted by molar-refractivity contribution is 0.0952. The molecule has 0 aliphatic carbocycles. The first-order chi connectivity index (χ1) is 15.9. The van der Waals surface area contributed by atoms with Gasteiger partial charge in [0.2, 0.25) is 5.88 Å². The van der Waals surface area contributed by atoms with Crippen molar-refractivity contribution in [3.8, 4) is 17.3 Å². The fourth-order valence-electron chi connectivity index (χ4n) is 4.00. The molecule has 33 heavy (non-hydrogen) atoms. The molecule has 1 heterocycles. The van der Waals surface area contributed by atoms with Crippen LogP contribution >= 0.6 is 0 Å². The summed E-state index contributed by atoms with van der Waals surface area (Å²) < 4.78 is 8.35. The third-order valence-corrected chi connectivity index (χ3v) is 5.52. The minimum atomic E-state index is -0.396. The van der Waals surface area contributed by atoms with Crippen LogP contribution < -0.4 is 4.74 Å². The number of para-hydroxylation sites is 1. The highest BCUT2D eigenvalue weighted by atomic mass is 16.5. The van der Waals surface area contributed by atoms with Crippen molar-refractivity contribution in [1.29, 1.82) is 0 Å². The van der Waals surface area contributed by atoms with Crippen LogP contribution in [0.15, 0.2) is 67.3 Å². The summed E-state index contributed by atoms with van der Waals surface area (Å²) in [5.74, 6) is 1.98. The van der Waals surface area contributed by atoms with Gasteiger partial charge < -0.3 is 9.84 Å². The molecule has 1 aromatic heterocycles. The molecule has 0 bridgehead atoms. The molecule has 0 spiro atoms. The first-order valence-electron chi connectivity index (χ1n) is 11.8. The fraction of sp³-hybridized carbons (Fsp3) is 0.393. The second-order valence-electron chi connectivity index (χ2n) is 9.14. The van der Waals surface area contributed by atoms with Crippen LogP contribution in [0.4, 0.5) is 0 Å². The molecule has 5 nitrogen and oxygen atoms in total. The summed E-state index contributed by atoms with van der Waals surface area (Å²) in [5, 5.41) is 15.4. The Morgan fingerprint density at radius 2 is 1.85 bits per heavy atom. The van der Waals surface area contributed by atoms with E-state index in [1.807, 2.05) is 66.2 Å². The molecule has 0 aliphatic heterocycles. The van der Waals surface area contributed by atoms with Crippen molar-refractivity contribution in [2.45, 2.75) is 53.2 Å². The third kappa shape index (κ3) is 7.04. The summed E-state index contributed by atoms with van der Waals surface area (Å²) in [6.45, 7) is 14.4. The van der Waals surface area contributed by atoms with Crippen LogP contribution in [0, 0.1) is 19.8 Å². The number of ether oxygens (including phenoxy) is 1. The second-order valence-corrected chi connectivity index (χ2v) is 9.14. The third-order valence-electron chi connectivity index (χ3n) is 5.52. The van der Waals surface area contributed by atoms with Crippen LogP contribution in [0.25, 0.3) is 5.69 Å². The summed E-state index contributed by atoms with van der Waals surface area (Å²) in [7, 11) is 0. The van der Waals surface area contributed by atoms with Crippen molar-refractivity contribution in [2.24, 2.45) is 5.92 Å². The number of hydrogen-bond acceptors (Lipinski definition) is 4. The van der Waals surface area contributed by atoms with Crippen LogP contribution in [0.5, 0.6) is 11.6 Å². The lowest BCUT2D eigenvalue weighted by atomic mass is 10.1. The van der Waals surface area contributed by atoms with Crippen LogP contribution in [-0.4, -0.2) is 39.0 Å². The highest BCUT2D eigenvalue weighted by molar-refractivity contribution is 5.43. The van der Waals surface area contributed by atoms with E-state index in [0.717, 1.165) is 47.1 Å². The zero-order valence-corrected chi connectivity index (χ0v) is 20.4. The van der Waals surface area contributed by atoms with Gasteiger partial charge in [0, 0.05) is 19.6 Å². The first kappa shape index (κ1) is 24.7. The number of aliphatic hydroxyl groups excluding tert-OH is 1. The molecule has 3 rings (SSSR count). The molecule has 3 aromatic rings. The van der Waals surface area contributed by atoms with Crippen molar-refractivity contribution in [1.82, 2.24) is 14.7 Å². The van der Waals surface area contributed by atoms with E-state index >= 15 is 0 Å². The Morgan fingerprint density at radius 3 is 2.52 bits per heavy atom. The monoisotopic (exact) mass is 447 g/mol. The summed E-state index contributed by atoms with van der Waals surface area (Å²) in [5.41, 5.74) is 4.06. The number of allylic oxidation sites excluding steroid dienone is 1. The standard InChI is InChI=1S/C28H37N3O2/c1-6-7-15-25(32)19-30(18-21(2)3)20-27-23(5)29-31(24-13-9-8-10-14-24)28(27)33-26-16-11-12-22(4)17-26/h6,8-14,16-17,21,25,32H,1,7,15,18-20H2,2-5H3. The number of nitrogens with zero attached hydrogens (tertiary/aromatic N) is 3. The average molecular weight is 448 g/mol. The zero-order chi connectivity index (χ0) is 23.8. The first-order valence-corrected chi connectivity index (χ1v) is 11.8. The lowest BCUT2D eigenvalue weighted by Crippen LogP contribution is -2.35. The molecular weight excluding hydrogens is 410 g/mol. The molecule has 0 aliphatic rings. The molecule has 1 atom stereocenters. The smallest absolute Gasteiger partial charge is 0.227 e. The quantitative estimate of drug-likeness (QED) is 0.343. The van der Waals surface area contributed by atoms with E-state index in [0.29, 0.717) is 25.4 Å². The molecule has 0 fully saturated rings. The summed E-state index contributed by atoms with van der Waals surface area (Å²) in [6, 6.07) is 18.1. The van der Waals surface area contributed by atoms with Gasteiger partial charge in [0.05, 0.1) is 23.0 Å². The Balaban J connectivity index is 1.97. The van der Waals surface area contributed by atoms with E-state index in [1.165, 1.54) is 0 Å². The molecule has 1 unspecified atom stereocenters. The van der Waals surface area contributed by atoms with Crippen molar-refractivity contribution >= 4 is 0 Å². The molecule has 0 saturated carbocycles. The Bertz CT molecular complexity index is 1030. The zero-order valence-electron chi connectivity index (χ0n) is 20.4. The fourth-order valence-corrected chi connectivity index (χ4v) is 4.00. The van der Waals surface area contributed by atoms with E-state index < -0.39 is 6.10 Å². The van der Waals surface area contributed by atoms with Crippen molar-refractivity contribution in [2.75, 3.05) is 13.1 Å². The van der Waals surface area contributed by atoms with Gasteiger partial charge in [-0.15, -0.1) is 6.58 Å². The summed E-state index contributed by atoms with van der Waals surface area (Å²) in [4.78, 5) is 2.31. The van der Waals surface area contributed by atoms with Gasteiger partial charge in [-0.3, -0.25) is 4.90 Å². The van der Waals surface area contributed by atoms with E-state index in [2.05, 4.69) is 38.3 Å². The predicted molar refractivity (Wildman–Crippen MR) is 135 cm³/mol. The second kappa shape index (κ2) is 11.8. The lowest BCUT2D eigenvalue weighted by Gasteiger charge is -2.27. The Morgan fingerprint density at radius 1 is 1.09 bits per heavy atom. The highest BCUT2D eigenvalue weighted by Crippen LogP contribution is 2.32. The predicted octanol–water partition coefficient (Wildman–Crippen LogP) is 6.07. The van der Waals surface area contributed by atoms with Gasteiger partial charge in [0.1, 0.15) is 5.75 Å². The van der Waals surface area contributed by atoms with E-state index in [4.69, 9.17) is 9.84 Å². The minimum Gasteiger partial charge on any atom is -0.439 e. The molecule has 1 N–H and O–H groups in total. The number of rotatable bonds is 12. The molecule has 0 radical (unpaired) electrons. The molecule has 0 saturated heterocycles. The number of aromatic nitrogens is 2. The van der Waals surface area contributed by atoms with E-state index in [9.17, 15) is 5.11 Å².